The van der Waals surface area contributed by atoms with Gasteiger partial charge < -0.3 is 15.1 Å². The average Bonchev–Trinajstić information content (AvgIpc) is 3.45. The number of nitrogens with zero attached hydrogens (tertiary/aromatic N) is 3. The number of pyridine rings is 1. The maximum absolute atomic E-state index is 12.8. The van der Waals surface area contributed by atoms with E-state index in [2.05, 4.69) is 46.4 Å². The second-order valence-electron chi connectivity index (χ2n) is 7.00. The van der Waals surface area contributed by atoms with Crippen LogP contribution >= 0.6 is 0 Å². The number of hydrogen-bond donors (Lipinski definition) is 1. The molecule has 0 radical (unpaired) electrons. The Hall–Kier alpha value is -2.56. The number of aryl methyl sites for hydroxylation is 1. The zero-order valence-corrected chi connectivity index (χ0v) is 14.6. The number of piperazine rings is 1. The molecule has 1 aromatic carbocycles. The molecule has 2 aromatic rings. The van der Waals surface area contributed by atoms with Crippen molar-refractivity contribution in [3.8, 4) is 0 Å². The molecule has 2 aliphatic rings. The molecule has 2 fully saturated rings. The van der Waals surface area contributed by atoms with Crippen LogP contribution in [0.25, 0.3) is 0 Å². The number of rotatable bonds is 4. The van der Waals surface area contributed by atoms with E-state index in [1.165, 1.54) is 24.1 Å². The highest BCUT2D eigenvalue weighted by atomic mass is 16.2. The number of anilines is 2. The Bertz CT molecular complexity index is 764. The highest BCUT2D eigenvalue weighted by molar-refractivity contribution is 5.95. The van der Waals surface area contributed by atoms with Crippen molar-refractivity contribution in [3.63, 3.8) is 0 Å². The molecule has 0 atom stereocenters. The summed E-state index contributed by atoms with van der Waals surface area (Å²) >= 11 is 0. The van der Waals surface area contributed by atoms with E-state index in [1.807, 2.05) is 11.0 Å². The minimum absolute atomic E-state index is 0.0795. The third-order valence-corrected chi connectivity index (χ3v) is 4.87. The first-order valence-electron chi connectivity index (χ1n) is 9.01. The van der Waals surface area contributed by atoms with Crippen LogP contribution in [-0.4, -0.2) is 48.0 Å². The van der Waals surface area contributed by atoms with Gasteiger partial charge in [0.1, 0.15) is 0 Å². The average molecular weight is 336 g/mol. The predicted molar refractivity (Wildman–Crippen MR) is 100 cm³/mol. The first-order valence-corrected chi connectivity index (χ1v) is 9.01. The highest BCUT2D eigenvalue weighted by Gasteiger charge is 2.24. The highest BCUT2D eigenvalue weighted by Crippen LogP contribution is 2.25. The van der Waals surface area contributed by atoms with Gasteiger partial charge in [0.25, 0.3) is 5.91 Å². The lowest BCUT2D eigenvalue weighted by Gasteiger charge is -2.36. The lowest BCUT2D eigenvalue weighted by Crippen LogP contribution is -2.48. The first kappa shape index (κ1) is 15.9. The lowest BCUT2D eigenvalue weighted by atomic mass is 10.1. The number of carbonyl (C=O) groups excluding carboxylic acids is 1. The Labute approximate surface area is 148 Å². The molecule has 0 spiro atoms. The SMILES string of the molecule is Cc1cccc(N2CCN(C(=O)c3cncc(NC4CC4)c3)CC2)c1. The normalized spacial score (nSPS) is 17.5. The number of hydrogen-bond acceptors (Lipinski definition) is 4. The summed E-state index contributed by atoms with van der Waals surface area (Å²) in [5.74, 6) is 0.0795. The van der Waals surface area contributed by atoms with Crippen molar-refractivity contribution in [2.75, 3.05) is 36.4 Å². The topological polar surface area (TPSA) is 48.5 Å². The molecule has 130 valence electrons. The van der Waals surface area contributed by atoms with E-state index in [0.717, 1.165) is 31.9 Å². The molecule has 1 saturated heterocycles. The quantitative estimate of drug-likeness (QED) is 0.933. The minimum Gasteiger partial charge on any atom is -0.381 e. The number of amides is 1. The first-order chi connectivity index (χ1) is 12.2. The monoisotopic (exact) mass is 336 g/mol. The van der Waals surface area contributed by atoms with Gasteiger partial charge in [-0.25, -0.2) is 0 Å². The number of benzene rings is 1. The van der Waals surface area contributed by atoms with Crippen molar-refractivity contribution in [2.24, 2.45) is 0 Å². The number of carbonyl (C=O) groups is 1. The standard InChI is InChI=1S/C20H24N4O/c1-15-3-2-4-19(11-15)23-7-9-24(10-8-23)20(25)16-12-18(14-21-13-16)22-17-5-6-17/h2-4,11-14,17,22H,5-10H2,1H3. The second-order valence-corrected chi connectivity index (χ2v) is 7.00. The summed E-state index contributed by atoms with van der Waals surface area (Å²) in [5.41, 5.74) is 4.13. The molecule has 5 heteroatoms. The lowest BCUT2D eigenvalue weighted by molar-refractivity contribution is 0.0746. The van der Waals surface area contributed by atoms with E-state index in [9.17, 15) is 4.79 Å². The Morgan fingerprint density at radius 2 is 1.92 bits per heavy atom. The largest absolute Gasteiger partial charge is 0.381 e. The molecule has 1 aliphatic carbocycles. The van der Waals surface area contributed by atoms with Crippen LogP contribution in [0.15, 0.2) is 42.7 Å². The molecule has 1 N–H and O–H groups in total. The molecule has 1 aromatic heterocycles. The zero-order valence-electron chi connectivity index (χ0n) is 14.6. The van der Waals surface area contributed by atoms with Crippen LogP contribution in [0.4, 0.5) is 11.4 Å². The molecule has 4 rings (SSSR count). The molecular weight excluding hydrogens is 312 g/mol. The van der Waals surface area contributed by atoms with Crippen LogP contribution in [0, 0.1) is 6.92 Å². The maximum atomic E-state index is 12.8. The number of aromatic nitrogens is 1. The molecule has 1 amide bonds. The van der Waals surface area contributed by atoms with E-state index in [0.29, 0.717) is 11.6 Å². The van der Waals surface area contributed by atoms with Crippen molar-refractivity contribution < 1.29 is 4.79 Å². The zero-order chi connectivity index (χ0) is 17.2. The van der Waals surface area contributed by atoms with Crippen molar-refractivity contribution in [2.45, 2.75) is 25.8 Å². The van der Waals surface area contributed by atoms with Gasteiger partial charge in [0.2, 0.25) is 0 Å². The van der Waals surface area contributed by atoms with Gasteiger partial charge in [0.15, 0.2) is 0 Å². The predicted octanol–water partition coefficient (Wildman–Crippen LogP) is 2.93. The molecule has 1 aliphatic heterocycles. The van der Waals surface area contributed by atoms with Crippen LogP contribution < -0.4 is 10.2 Å². The molecular formula is C20H24N4O. The van der Waals surface area contributed by atoms with Gasteiger partial charge in [-0.05, 0) is 43.5 Å². The smallest absolute Gasteiger partial charge is 0.255 e. The van der Waals surface area contributed by atoms with Gasteiger partial charge >= 0.3 is 0 Å². The fourth-order valence-corrected chi connectivity index (χ4v) is 3.27. The Balaban J connectivity index is 1.39. The molecule has 25 heavy (non-hydrogen) atoms. The van der Waals surface area contributed by atoms with Crippen LogP contribution in [0.1, 0.15) is 28.8 Å². The van der Waals surface area contributed by atoms with E-state index >= 15 is 0 Å². The summed E-state index contributed by atoms with van der Waals surface area (Å²) in [7, 11) is 0. The molecule has 0 unspecified atom stereocenters. The van der Waals surface area contributed by atoms with Gasteiger partial charge in [-0.1, -0.05) is 12.1 Å². The van der Waals surface area contributed by atoms with Gasteiger partial charge in [0.05, 0.1) is 11.3 Å². The summed E-state index contributed by atoms with van der Waals surface area (Å²) in [5, 5.41) is 3.41. The van der Waals surface area contributed by atoms with Crippen LogP contribution in [0.3, 0.4) is 0 Å². The summed E-state index contributed by atoms with van der Waals surface area (Å²) in [4.78, 5) is 21.3. The third kappa shape index (κ3) is 3.76. The van der Waals surface area contributed by atoms with Crippen LogP contribution in [0.5, 0.6) is 0 Å². The fraction of sp³-hybridized carbons (Fsp3) is 0.400. The van der Waals surface area contributed by atoms with E-state index in [4.69, 9.17) is 0 Å². The number of nitrogens with one attached hydrogen (secondary N) is 1. The van der Waals surface area contributed by atoms with Crippen molar-refractivity contribution in [3.05, 3.63) is 53.9 Å². The summed E-state index contributed by atoms with van der Waals surface area (Å²) in [6.45, 7) is 5.32. The summed E-state index contributed by atoms with van der Waals surface area (Å²) in [6, 6.07) is 11.0. The molecule has 2 heterocycles. The van der Waals surface area contributed by atoms with E-state index in [-0.39, 0.29) is 5.91 Å². The van der Waals surface area contributed by atoms with Gasteiger partial charge in [-0.15, -0.1) is 0 Å². The molecule has 5 nitrogen and oxygen atoms in total. The Kier molecular flexibility index (Phi) is 4.30. The van der Waals surface area contributed by atoms with Crippen molar-refractivity contribution in [1.82, 2.24) is 9.88 Å². The van der Waals surface area contributed by atoms with E-state index in [1.54, 1.807) is 12.4 Å². The maximum Gasteiger partial charge on any atom is 0.255 e. The minimum atomic E-state index is 0.0795. The van der Waals surface area contributed by atoms with Crippen molar-refractivity contribution >= 4 is 17.3 Å². The third-order valence-electron chi connectivity index (χ3n) is 4.87. The van der Waals surface area contributed by atoms with Gasteiger partial charge in [-0.2, -0.15) is 0 Å². The summed E-state index contributed by atoms with van der Waals surface area (Å²) in [6.07, 6.45) is 5.89. The fourth-order valence-electron chi connectivity index (χ4n) is 3.27. The second kappa shape index (κ2) is 6.75. The van der Waals surface area contributed by atoms with Gasteiger partial charge in [-0.3, -0.25) is 9.78 Å². The van der Waals surface area contributed by atoms with Crippen LogP contribution in [0.2, 0.25) is 0 Å². The van der Waals surface area contributed by atoms with E-state index < -0.39 is 0 Å². The van der Waals surface area contributed by atoms with Crippen molar-refractivity contribution in [1.29, 1.82) is 0 Å². The Morgan fingerprint density at radius 1 is 1.12 bits per heavy atom. The Morgan fingerprint density at radius 3 is 2.64 bits per heavy atom. The van der Waals surface area contributed by atoms with Crippen LogP contribution in [-0.2, 0) is 0 Å². The molecule has 1 saturated carbocycles. The molecule has 0 bridgehead atoms. The van der Waals surface area contributed by atoms with Gasteiger partial charge in [0, 0.05) is 50.3 Å². The summed E-state index contributed by atoms with van der Waals surface area (Å²) < 4.78 is 0.